The summed E-state index contributed by atoms with van der Waals surface area (Å²) in [6, 6.07) is 1.78. The van der Waals surface area contributed by atoms with Crippen LogP contribution in [-0.2, 0) is 4.74 Å². The topological polar surface area (TPSA) is 58.6 Å². The molecule has 0 aliphatic carbocycles. The molecule has 1 aromatic rings. The lowest BCUT2D eigenvalue weighted by Gasteiger charge is -2.19. The standard InChI is InChI=1S/C13H17NO3S/c1-13(2,3)17-12(16)14-11-8-10(9-18-11)6-4-5-7-15/h8-9,15H,5,7H2,1-3H3,(H,14,16). The molecule has 18 heavy (non-hydrogen) atoms. The molecule has 98 valence electrons. The van der Waals surface area contributed by atoms with Crippen molar-refractivity contribution in [3.05, 3.63) is 17.0 Å². The summed E-state index contributed by atoms with van der Waals surface area (Å²) in [7, 11) is 0. The first-order valence-electron chi connectivity index (χ1n) is 5.59. The van der Waals surface area contributed by atoms with Gasteiger partial charge >= 0.3 is 6.09 Å². The van der Waals surface area contributed by atoms with E-state index < -0.39 is 11.7 Å². The molecule has 4 nitrogen and oxygen atoms in total. The number of ether oxygens (including phenoxy) is 1. The summed E-state index contributed by atoms with van der Waals surface area (Å²) in [4.78, 5) is 11.5. The van der Waals surface area contributed by atoms with E-state index in [0.29, 0.717) is 11.4 Å². The van der Waals surface area contributed by atoms with Gasteiger partial charge in [0.25, 0.3) is 0 Å². The van der Waals surface area contributed by atoms with E-state index in [1.807, 2.05) is 26.2 Å². The van der Waals surface area contributed by atoms with Crippen LogP contribution in [0.4, 0.5) is 9.80 Å². The maximum absolute atomic E-state index is 11.5. The first-order valence-corrected chi connectivity index (χ1v) is 6.47. The highest BCUT2D eigenvalue weighted by Crippen LogP contribution is 2.20. The van der Waals surface area contributed by atoms with Crippen LogP contribution in [0.15, 0.2) is 11.4 Å². The van der Waals surface area contributed by atoms with Crippen LogP contribution >= 0.6 is 11.3 Å². The zero-order valence-corrected chi connectivity index (χ0v) is 11.6. The van der Waals surface area contributed by atoms with Crippen molar-refractivity contribution in [1.82, 2.24) is 0 Å². The van der Waals surface area contributed by atoms with Crippen LogP contribution in [0.5, 0.6) is 0 Å². The molecule has 0 bridgehead atoms. The Bertz CT molecular complexity index is 463. The summed E-state index contributed by atoms with van der Waals surface area (Å²) in [5.41, 5.74) is 0.310. The van der Waals surface area contributed by atoms with Crippen LogP contribution in [0.25, 0.3) is 0 Å². The van der Waals surface area contributed by atoms with Crippen molar-refractivity contribution in [1.29, 1.82) is 0 Å². The molecule has 0 atom stereocenters. The summed E-state index contributed by atoms with van der Waals surface area (Å²) >= 11 is 1.38. The number of carbonyl (C=O) groups is 1. The third-order valence-corrected chi connectivity index (χ3v) is 2.54. The summed E-state index contributed by atoms with van der Waals surface area (Å²) in [6.07, 6.45) is -0.0239. The molecule has 0 fully saturated rings. The third-order valence-electron chi connectivity index (χ3n) is 1.69. The monoisotopic (exact) mass is 267 g/mol. The number of anilines is 1. The minimum Gasteiger partial charge on any atom is -0.444 e. The molecule has 0 aliphatic heterocycles. The van der Waals surface area contributed by atoms with E-state index in [1.165, 1.54) is 11.3 Å². The smallest absolute Gasteiger partial charge is 0.412 e. The fraction of sp³-hybridized carbons (Fsp3) is 0.462. The minimum absolute atomic E-state index is 0.0557. The predicted molar refractivity (Wildman–Crippen MR) is 72.8 cm³/mol. The van der Waals surface area contributed by atoms with Crippen molar-refractivity contribution in [3.8, 4) is 11.8 Å². The van der Waals surface area contributed by atoms with Crippen LogP contribution in [0.2, 0.25) is 0 Å². The van der Waals surface area contributed by atoms with E-state index in [1.54, 1.807) is 6.07 Å². The number of thiophene rings is 1. The van der Waals surface area contributed by atoms with Crippen molar-refractivity contribution in [2.75, 3.05) is 11.9 Å². The zero-order chi connectivity index (χ0) is 13.6. The van der Waals surface area contributed by atoms with E-state index in [9.17, 15) is 4.79 Å². The highest BCUT2D eigenvalue weighted by Gasteiger charge is 2.16. The summed E-state index contributed by atoms with van der Waals surface area (Å²) in [5.74, 6) is 5.71. The fourth-order valence-electron chi connectivity index (χ4n) is 1.09. The van der Waals surface area contributed by atoms with Crippen LogP contribution in [0.3, 0.4) is 0 Å². The average Bonchev–Trinajstić information content (AvgIpc) is 2.63. The lowest BCUT2D eigenvalue weighted by Crippen LogP contribution is -2.26. The summed E-state index contributed by atoms with van der Waals surface area (Å²) in [6.45, 7) is 5.49. The van der Waals surface area contributed by atoms with Crippen molar-refractivity contribution >= 4 is 22.4 Å². The number of nitrogens with one attached hydrogen (secondary N) is 1. The Labute approximate surface area is 111 Å². The van der Waals surface area contributed by atoms with Gasteiger partial charge in [0.1, 0.15) is 5.60 Å². The number of rotatable bonds is 2. The highest BCUT2D eigenvalue weighted by molar-refractivity contribution is 7.14. The fourth-order valence-corrected chi connectivity index (χ4v) is 1.81. The number of hydrogen-bond donors (Lipinski definition) is 2. The Morgan fingerprint density at radius 3 is 2.89 bits per heavy atom. The van der Waals surface area contributed by atoms with E-state index in [4.69, 9.17) is 9.84 Å². The van der Waals surface area contributed by atoms with Gasteiger partial charge in [-0.25, -0.2) is 4.79 Å². The van der Waals surface area contributed by atoms with Gasteiger partial charge in [0.05, 0.1) is 11.6 Å². The normalized spacial score (nSPS) is 10.4. The van der Waals surface area contributed by atoms with Gasteiger partial charge < -0.3 is 9.84 Å². The molecule has 0 aliphatic rings. The Hall–Kier alpha value is -1.51. The maximum Gasteiger partial charge on any atom is 0.412 e. The van der Waals surface area contributed by atoms with Crippen LogP contribution in [0, 0.1) is 11.8 Å². The van der Waals surface area contributed by atoms with Gasteiger partial charge in [-0.2, -0.15) is 0 Å². The van der Waals surface area contributed by atoms with Gasteiger partial charge in [0.2, 0.25) is 0 Å². The number of amides is 1. The molecule has 0 saturated heterocycles. The van der Waals surface area contributed by atoms with Gasteiger partial charge in [-0.3, -0.25) is 5.32 Å². The Balaban J connectivity index is 2.55. The predicted octanol–water partition coefficient (Wildman–Crippen LogP) is 2.83. The van der Waals surface area contributed by atoms with Crippen LogP contribution in [-0.4, -0.2) is 23.4 Å². The van der Waals surface area contributed by atoms with E-state index in [0.717, 1.165) is 5.56 Å². The van der Waals surface area contributed by atoms with Crippen molar-refractivity contribution in [3.63, 3.8) is 0 Å². The van der Waals surface area contributed by atoms with Crippen molar-refractivity contribution < 1.29 is 14.6 Å². The van der Waals surface area contributed by atoms with Crippen LogP contribution < -0.4 is 5.32 Å². The van der Waals surface area contributed by atoms with Gasteiger partial charge in [-0.15, -0.1) is 11.3 Å². The first kappa shape index (κ1) is 14.6. The molecular weight excluding hydrogens is 250 g/mol. The highest BCUT2D eigenvalue weighted by atomic mass is 32.1. The van der Waals surface area contributed by atoms with Gasteiger partial charge in [0, 0.05) is 17.4 Å². The number of aliphatic hydroxyl groups excluding tert-OH is 1. The number of hydrogen-bond acceptors (Lipinski definition) is 4. The van der Waals surface area contributed by atoms with Gasteiger partial charge in [0.15, 0.2) is 0 Å². The molecule has 5 heteroatoms. The second-order valence-corrected chi connectivity index (χ2v) is 5.51. The molecule has 1 heterocycles. The van der Waals surface area contributed by atoms with Crippen molar-refractivity contribution in [2.24, 2.45) is 0 Å². The number of carbonyl (C=O) groups excluding carboxylic acids is 1. The van der Waals surface area contributed by atoms with Crippen LogP contribution in [0.1, 0.15) is 32.8 Å². The third kappa shape index (κ3) is 5.71. The van der Waals surface area contributed by atoms with E-state index in [2.05, 4.69) is 17.2 Å². The Morgan fingerprint density at radius 2 is 2.28 bits per heavy atom. The molecule has 0 radical (unpaired) electrons. The molecule has 1 amide bonds. The lowest BCUT2D eigenvalue weighted by atomic mass is 10.2. The largest absolute Gasteiger partial charge is 0.444 e. The maximum atomic E-state index is 11.5. The molecule has 1 aromatic heterocycles. The van der Waals surface area contributed by atoms with Crippen molar-refractivity contribution in [2.45, 2.75) is 32.8 Å². The Kier molecular flexibility index (Phi) is 5.20. The zero-order valence-electron chi connectivity index (χ0n) is 10.7. The quantitative estimate of drug-likeness (QED) is 0.810. The summed E-state index contributed by atoms with van der Waals surface area (Å²) < 4.78 is 5.14. The first-order chi connectivity index (χ1) is 8.40. The second kappa shape index (κ2) is 6.43. The molecule has 0 unspecified atom stereocenters. The lowest BCUT2D eigenvalue weighted by molar-refractivity contribution is 0.0636. The molecule has 0 saturated carbocycles. The Morgan fingerprint density at radius 1 is 1.56 bits per heavy atom. The molecule has 2 N–H and O–H groups in total. The van der Waals surface area contributed by atoms with E-state index >= 15 is 0 Å². The number of aliphatic hydroxyl groups is 1. The molecular formula is C13H17NO3S. The second-order valence-electron chi connectivity index (χ2n) is 4.60. The summed E-state index contributed by atoms with van der Waals surface area (Å²) in [5, 5.41) is 13.8. The SMILES string of the molecule is CC(C)(C)OC(=O)Nc1cc(C#CCCO)cs1. The minimum atomic E-state index is -0.509. The molecule has 1 rings (SSSR count). The average molecular weight is 267 g/mol. The van der Waals surface area contributed by atoms with E-state index in [-0.39, 0.29) is 6.61 Å². The van der Waals surface area contributed by atoms with Gasteiger partial charge in [-0.05, 0) is 26.8 Å². The molecule has 0 aromatic carbocycles. The molecule has 0 spiro atoms. The van der Waals surface area contributed by atoms with Gasteiger partial charge in [-0.1, -0.05) is 11.8 Å².